The molecule has 22 heavy (non-hydrogen) atoms. The number of aliphatic carboxylic acids is 1. The summed E-state index contributed by atoms with van der Waals surface area (Å²) in [7, 11) is 3.06. The van der Waals surface area contributed by atoms with Gasteiger partial charge in [0.15, 0.2) is 0 Å². The van der Waals surface area contributed by atoms with Gasteiger partial charge in [0, 0.05) is 5.56 Å². The average molecular weight is 339 g/mol. The molecule has 0 unspecified atom stereocenters. The van der Waals surface area contributed by atoms with Crippen molar-refractivity contribution in [3.63, 3.8) is 0 Å². The van der Waals surface area contributed by atoms with Crippen molar-refractivity contribution in [2.24, 2.45) is 0 Å². The van der Waals surface area contributed by atoms with E-state index >= 15 is 0 Å². The number of thioether (sulfide) groups is 1. The zero-order valence-electron chi connectivity index (χ0n) is 11.9. The Hall–Kier alpha value is -2.06. The van der Waals surface area contributed by atoms with Gasteiger partial charge < -0.3 is 14.6 Å². The normalized spacial score (nSPS) is 16.3. The Morgan fingerprint density at radius 1 is 1.41 bits per heavy atom. The molecule has 1 aliphatic heterocycles. The molecule has 1 amide bonds. The van der Waals surface area contributed by atoms with Gasteiger partial charge in [-0.15, -0.1) is 0 Å². The Kier molecular flexibility index (Phi) is 5.04. The van der Waals surface area contributed by atoms with E-state index in [2.05, 4.69) is 0 Å². The maximum atomic E-state index is 12.2. The van der Waals surface area contributed by atoms with Gasteiger partial charge in [-0.1, -0.05) is 24.0 Å². The molecule has 2 rings (SSSR count). The van der Waals surface area contributed by atoms with Crippen LogP contribution in [-0.2, 0) is 9.59 Å². The first-order chi connectivity index (χ1) is 10.5. The number of carbonyl (C=O) groups excluding carboxylic acids is 1. The quantitative estimate of drug-likeness (QED) is 0.649. The number of carboxylic acids is 1. The minimum Gasteiger partial charge on any atom is -0.497 e. The third-order valence-corrected chi connectivity index (χ3v) is 4.27. The number of thiocarbonyl (C=S) groups is 1. The fourth-order valence-corrected chi connectivity index (χ4v) is 3.11. The van der Waals surface area contributed by atoms with Crippen LogP contribution in [0.4, 0.5) is 0 Å². The molecule has 1 aromatic carbocycles. The predicted octanol–water partition coefficient (Wildman–Crippen LogP) is 1.99. The van der Waals surface area contributed by atoms with Gasteiger partial charge in [0.05, 0.1) is 19.1 Å². The van der Waals surface area contributed by atoms with Crippen LogP contribution < -0.4 is 9.47 Å². The van der Waals surface area contributed by atoms with Crippen LogP contribution in [0, 0.1) is 0 Å². The molecule has 1 fully saturated rings. The first-order valence-electron chi connectivity index (χ1n) is 6.15. The average Bonchev–Trinajstić information content (AvgIpc) is 2.74. The lowest BCUT2D eigenvalue weighted by molar-refractivity contribution is -0.140. The summed E-state index contributed by atoms with van der Waals surface area (Å²) in [6.07, 6.45) is 1.61. The van der Waals surface area contributed by atoms with E-state index in [9.17, 15) is 9.59 Å². The number of carboxylic acid groups (broad SMARTS) is 1. The molecule has 0 radical (unpaired) electrons. The number of methoxy groups -OCH3 is 2. The van der Waals surface area contributed by atoms with Crippen LogP contribution in [0.25, 0.3) is 6.08 Å². The number of amides is 1. The molecule has 1 N–H and O–H groups in total. The molecule has 6 nitrogen and oxygen atoms in total. The molecule has 0 saturated carbocycles. The lowest BCUT2D eigenvalue weighted by Crippen LogP contribution is -2.33. The van der Waals surface area contributed by atoms with Crippen molar-refractivity contribution < 1.29 is 24.2 Å². The van der Waals surface area contributed by atoms with E-state index in [0.717, 1.165) is 16.7 Å². The van der Waals surface area contributed by atoms with E-state index in [4.69, 9.17) is 26.8 Å². The van der Waals surface area contributed by atoms with Gasteiger partial charge >= 0.3 is 5.97 Å². The van der Waals surface area contributed by atoms with Gasteiger partial charge in [-0.05, 0) is 24.3 Å². The zero-order valence-corrected chi connectivity index (χ0v) is 13.5. The van der Waals surface area contributed by atoms with Crippen molar-refractivity contribution in [1.82, 2.24) is 4.90 Å². The number of nitrogens with zero attached hydrogens (tertiary/aromatic N) is 1. The second-order valence-corrected chi connectivity index (χ2v) is 5.95. The highest BCUT2D eigenvalue weighted by atomic mass is 32.2. The van der Waals surface area contributed by atoms with Gasteiger partial charge in [-0.25, -0.2) is 0 Å². The molecule has 1 aliphatic rings. The molecule has 1 saturated heterocycles. The number of hydrogen-bond acceptors (Lipinski definition) is 6. The Balaban J connectivity index is 2.36. The fraction of sp³-hybridized carbons (Fsp3) is 0.214. The third-order valence-electron chi connectivity index (χ3n) is 2.89. The second kappa shape index (κ2) is 6.80. The maximum absolute atomic E-state index is 12.2. The van der Waals surface area contributed by atoms with Crippen LogP contribution in [-0.4, -0.2) is 47.0 Å². The largest absolute Gasteiger partial charge is 0.497 e. The monoisotopic (exact) mass is 339 g/mol. The molecular weight excluding hydrogens is 326 g/mol. The van der Waals surface area contributed by atoms with Crippen LogP contribution in [0.1, 0.15) is 5.56 Å². The highest BCUT2D eigenvalue weighted by molar-refractivity contribution is 8.26. The summed E-state index contributed by atoms with van der Waals surface area (Å²) >= 11 is 6.11. The molecule has 0 bridgehead atoms. The Morgan fingerprint density at radius 2 is 2.14 bits per heavy atom. The first kappa shape index (κ1) is 16.3. The fourth-order valence-electron chi connectivity index (χ4n) is 1.86. The van der Waals surface area contributed by atoms with E-state index in [0.29, 0.717) is 22.0 Å². The molecule has 8 heteroatoms. The van der Waals surface area contributed by atoms with E-state index in [1.165, 1.54) is 14.2 Å². The number of benzene rings is 1. The van der Waals surface area contributed by atoms with E-state index < -0.39 is 18.4 Å². The van der Waals surface area contributed by atoms with Crippen molar-refractivity contribution in [1.29, 1.82) is 0 Å². The van der Waals surface area contributed by atoms with Crippen molar-refractivity contribution >= 4 is 46.3 Å². The lowest BCUT2D eigenvalue weighted by Gasteiger charge is -2.10. The number of rotatable bonds is 5. The molecule has 0 aliphatic carbocycles. The van der Waals surface area contributed by atoms with E-state index in [-0.39, 0.29) is 4.32 Å². The van der Waals surface area contributed by atoms with Gasteiger partial charge in [-0.3, -0.25) is 14.5 Å². The van der Waals surface area contributed by atoms with Crippen LogP contribution >= 0.6 is 24.0 Å². The molecular formula is C14H13NO5S2. The minimum atomic E-state index is -1.11. The van der Waals surface area contributed by atoms with Crippen LogP contribution in [0.3, 0.4) is 0 Å². The molecule has 0 aromatic heterocycles. The third kappa shape index (κ3) is 3.40. The Labute approximate surface area is 136 Å². The van der Waals surface area contributed by atoms with Crippen molar-refractivity contribution in [3.8, 4) is 11.5 Å². The molecule has 1 heterocycles. The van der Waals surface area contributed by atoms with Crippen molar-refractivity contribution in [2.45, 2.75) is 0 Å². The molecule has 116 valence electrons. The highest BCUT2D eigenvalue weighted by Gasteiger charge is 2.33. The molecule has 1 aromatic rings. The summed E-state index contributed by atoms with van der Waals surface area (Å²) in [6, 6.07) is 5.19. The van der Waals surface area contributed by atoms with Crippen molar-refractivity contribution in [3.05, 3.63) is 28.7 Å². The first-order valence-corrected chi connectivity index (χ1v) is 7.38. The van der Waals surface area contributed by atoms with Crippen LogP contribution in [0.15, 0.2) is 23.1 Å². The summed E-state index contributed by atoms with van der Waals surface area (Å²) in [5, 5.41) is 8.82. The summed E-state index contributed by atoms with van der Waals surface area (Å²) in [4.78, 5) is 24.4. The smallest absolute Gasteiger partial charge is 0.323 e. The maximum Gasteiger partial charge on any atom is 0.323 e. The van der Waals surface area contributed by atoms with Crippen LogP contribution in [0.2, 0.25) is 0 Å². The van der Waals surface area contributed by atoms with Crippen molar-refractivity contribution in [2.75, 3.05) is 20.8 Å². The van der Waals surface area contributed by atoms with Gasteiger partial charge in [0.25, 0.3) is 5.91 Å². The van der Waals surface area contributed by atoms with Gasteiger partial charge in [-0.2, -0.15) is 0 Å². The number of carbonyl (C=O) groups is 2. The van der Waals surface area contributed by atoms with Crippen LogP contribution in [0.5, 0.6) is 11.5 Å². The van der Waals surface area contributed by atoms with E-state index in [1.807, 2.05) is 0 Å². The number of ether oxygens (including phenoxy) is 2. The topological polar surface area (TPSA) is 76.1 Å². The zero-order chi connectivity index (χ0) is 16.3. The lowest BCUT2D eigenvalue weighted by atomic mass is 10.1. The standard InChI is InChI=1S/C14H13NO5S2/c1-19-9-3-4-10(20-2)8(5-9)6-11-13(18)15(7-12(16)17)14(21)22-11/h3-6H,7H2,1-2H3,(H,16,17)/b11-6+. The highest BCUT2D eigenvalue weighted by Crippen LogP contribution is 2.35. The van der Waals surface area contributed by atoms with Gasteiger partial charge in [0.2, 0.25) is 0 Å². The predicted molar refractivity (Wildman–Crippen MR) is 87.1 cm³/mol. The Bertz CT molecular complexity index is 671. The molecule has 0 atom stereocenters. The van der Waals surface area contributed by atoms with Gasteiger partial charge in [0.1, 0.15) is 22.4 Å². The number of hydrogen-bond donors (Lipinski definition) is 1. The Morgan fingerprint density at radius 3 is 2.73 bits per heavy atom. The summed E-state index contributed by atoms with van der Waals surface area (Å²) < 4.78 is 10.6. The summed E-state index contributed by atoms with van der Waals surface area (Å²) in [5.41, 5.74) is 0.651. The second-order valence-electron chi connectivity index (χ2n) is 4.27. The molecule has 0 spiro atoms. The summed E-state index contributed by atoms with van der Waals surface area (Å²) in [5.74, 6) is -0.351. The minimum absolute atomic E-state index is 0.223. The van der Waals surface area contributed by atoms with E-state index in [1.54, 1.807) is 24.3 Å². The summed E-state index contributed by atoms with van der Waals surface area (Å²) in [6.45, 7) is -0.447. The SMILES string of the molecule is COc1ccc(OC)c(/C=C2/SC(=S)N(CC(=O)O)C2=O)c1.